The number of benzene rings is 5. The van der Waals surface area contributed by atoms with E-state index >= 15 is 0 Å². The van der Waals surface area contributed by atoms with E-state index in [9.17, 15) is 0 Å². The summed E-state index contributed by atoms with van der Waals surface area (Å²) in [4.78, 5) is 0. The Hall–Kier alpha value is -4.42. The Morgan fingerprint density at radius 1 is 0.500 bits per heavy atom. The predicted molar refractivity (Wildman–Crippen MR) is 208 cm³/mol. The molecule has 0 amide bonds. The van der Waals surface area contributed by atoms with Crippen LogP contribution in [0.5, 0.6) is 0 Å². The standard InChI is InChI=1S/C48H52/c1-5-36-8-12-38(13-9-36)16-18-40-20-24-43(25-21-40)35(4)32-48(47-31-29-45-28-30-46(45)34-47)33-42(7-3)44-26-22-41(23-27-44)19-17-39-14-10-37(6-2)11-15-39/h5-6,8-15,20-27,29,31,34-35,42,48H,1-2,7,16-19,28,30,32-33H2,3-4H3. The summed E-state index contributed by atoms with van der Waals surface area (Å²) in [5, 5.41) is 0. The van der Waals surface area contributed by atoms with Gasteiger partial charge >= 0.3 is 0 Å². The maximum atomic E-state index is 3.87. The van der Waals surface area contributed by atoms with Crippen molar-refractivity contribution in [1.82, 2.24) is 0 Å². The SMILES string of the molecule is C=Cc1ccc(CCc2ccc(C(C)CC(CC(CC)c3ccc(CCc4ccc(C=C)cc4)cc3)c3ccc4c(c3)CC4)cc2)cc1. The summed E-state index contributed by atoms with van der Waals surface area (Å²) < 4.78 is 0. The molecule has 3 unspecified atom stereocenters. The third kappa shape index (κ3) is 8.53. The Bertz CT molecular complexity index is 1770. The Kier molecular flexibility index (Phi) is 11.2. The van der Waals surface area contributed by atoms with Crippen LogP contribution >= 0.6 is 0 Å². The van der Waals surface area contributed by atoms with Crippen LogP contribution < -0.4 is 0 Å². The van der Waals surface area contributed by atoms with Crippen molar-refractivity contribution in [1.29, 1.82) is 0 Å². The van der Waals surface area contributed by atoms with Gasteiger partial charge in [-0.25, -0.2) is 0 Å². The Balaban J connectivity index is 1.11. The topological polar surface area (TPSA) is 0 Å². The summed E-state index contributed by atoms with van der Waals surface area (Å²) in [6.07, 6.45) is 14.1. The lowest BCUT2D eigenvalue weighted by Crippen LogP contribution is -2.13. The molecule has 0 saturated heterocycles. The van der Waals surface area contributed by atoms with E-state index in [1.54, 1.807) is 11.1 Å². The minimum Gasteiger partial charge on any atom is -0.0985 e. The smallest absolute Gasteiger partial charge is 0.0150 e. The highest BCUT2D eigenvalue weighted by Gasteiger charge is 2.24. The first-order valence-corrected chi connectivity index (χ1v) is 18.2. The van der Waals surface area contributed by atoms with E-state index < -0.39 is 0 Å². The lowest BCUT2D eigenvalue weighted by molar-refractivity contribution is 0.466. The summed E-state index contributed by atoms with van der Waals surface area (Å²) in [7, 11) is 0. The van der Waals surface area contributed by atoms with Crippen molar-refractivity contribution >= 4 is 12.2 Å². The van der Waals surface area contributed by atoms with Gasteiger partial charge < -0.3 is 0 Å². The van der Waals surface area contributed by atoms with Crippen molar-refractivity contribution in [2.24, 2.45) is 0 Å². The zero-order valence-corrected chi connectivity index (χ0v) is 29.1. The molecule has 5 aromatic rings. The minimum atomic E-state index is 0.502. The fourth-order valence-corrected chi connectivity index (χ4v) is 7.47. The zero-order chi connectivity index (χ0) is 33.3. The molecule has 5 aromatic carbocycles. The van der Waals surface area contributed by atoms with E-state index in [2.05, 4.69) is 142 Å². The van der Waals surface area contributed by atoms with Crippen molar-refractivity contribution in [3.8, 4) is 0 Å². The van der Waals surface area contributed by atoms with Gasteiger partial charge in [0, 0.05) is 0 Å². The van der Waals surface area contributed by atoms with Gasteiger partial charge in [0.15, 0.2) is 0 Å². The molecule has 1 aliphatic rings. The molecule has 0 N–H and O–H groups in total. The second kappa shape index (κ2) is 16.1. The third-order valence-electron chi connectivity index (χ3n) is 10.9. The summed E-state index contributed by atoms with van der Waals surface area (Å²) in [5.74, 6) is 1.59. The van der Waals surface area contributed by atoms with Crippen LogP contribution in [0.3, 0.4) is 0 Å². The molecule has 0 aliphatic heterocycles. The molecule has 3 atom stereocenters. The molecule has 0 nitrogen and oxygen atoms in total. The van der Waals surface area contributed by atoms with Crippen molar-refractivity contribution in [2.75, 3.05) is 0 Å². The minimum absolute atomic E-state index is 0.502. The van der Waals surface area contributed by atoms with Crippen LogP contribution in [-0.4, -0.2) is 0 Å². The fraction of sp³-hybridized carbons (Fsp3) is 0.292. The van der Waals surface area contributed by atoms with Gasteiger partial charge in [-0.15, -0.1) is 0 Å². The van der Waals surface area contributed by atoms with E-state index in [-0.39, 0.29) is 0 Å². The van der Waals surface area contributed by atoms with Crippen LogP contribution in [-0.2, 0) is 38.5 Å². The number of hydrogen-bond acceptors (Lipinski definition) is 0. The molecule has 0 radical (unpaired) electrons. The average Bonchev–Trinajstić information content (AvgIpc) is 3.13. The largest absolute Gasteiger partial charge is 0.0985 e. The molecule has 6 rings (SSSR count). The van der Waals surface area contributed by atoms with Crippen molar-refractivity contribution in [3.63, 3.8) is 0 Å². The summed E-state index contributed by atoms with van der Waals surface area (Å²) >= 11 is 0. The molecule has 0 spiro atoms. The molecule has 244 valence electrons. The molecule has 0 aromatic heterocycles. The van der Waals surface area contributed by atoms with Crippen LogP contribution in [0.4, 0.5) is 0 Å². The van der Waals surface area contributed by atoms with E-state index in [0.29, 0.717) is 17.8 Å². The zero-order valence-electron chi connectivity index (χ0n) is 29.1. The second-order valence-electron chi connectivity index (χ2n) is 14.1. The van der Waals surface area contributed by atoms with E-state index in [1.165, 1.54) is 75.8 Å². The van der Waals surface area contributed by atoms with Crippen molar-refractivity contribution < 1.29 is 0 Å². The molecule has 0 heterocycles. The van der Waals surface area contributed by atoms with Crippen LogP contribution in [0.2, 0.25) is 0 Å². The van der Waals surface area contributed by atoms with Crippen molar-refractivity contribution in [3.05, 3.63) is 190 Å². The number of aryl methyl sites for hydroxylation is 6. The van der Waals surface area contributed by atoms with Gasteiger partial charge in [0.2, 0.25) is 0 Å². The van der Waals surface area contributed by atoms with Gasteiger partial charge in [-0.3, -0.25) is 0 Å². The van der Waals surface area contributed by atoms with Crippen LogP contribution in [0.25, 0.3) is 12.2 Å². The lowest BCUT2D eigenvalue weighted by Gasteiger charge is -2.29. The van der Waals surface area contributed by atoms with Gasteiger partial charge in [-0.05, 0) is 137 Å². The molecule has 48 heavy (non-hydrogen) atoms. The first-order chi connectivity index (χ1) is 23.5. The highest BCUT2D eigenvalue weighted by atomic mass is 14.3. The van der Waals surface area contributed by atoms with Gasteiger partial charge in [-0.1, -0.05) is 154 Å². The quantitative estimate of drug-likeness (QED) is 0.102. The molecular formula is C48H52. The van der Waals surface area contributed by atoms with Gasteiger partial charge in [-0.2, -0.15) is 0 Å². The molecule has 0 heteroatoms. The number of rotatable bonds is 16. The molecule has 1 aliphatic carbocycles. The number of fused-ring (bicyclic) bond motifs is 1. The van der Waals surface area contributed by atoms with Crippen molar-refractivity contribution in [2.45, 2.75) is 89.4 Å². The Morgan fingerprint density at radius 3 is 1.35 bits per heavy atom. The van der Waals surface area contributed by atoms with Crippen LogP contribution in [0.1, 0.15) is 112 Å². The maximum absolute atomic E-state index is 3.87. The lowest BCUT2D eigenvalue weighted by atomic mass is 9.76. The fourth-order valence-electron chi connectivity index (χ4n) is 7.47. The van der Waals surface area contributed by atoms with Gasteiger partial charge in [0.1, 0.15) is 0 Å². The van der Waals surface area contributed by atoms with Crippen LogP contribution in [0.15, 0.2) is 128 Å². The van der Waals surface area contributed by atoms with Crippen LogP contribution in [0, 0.1) is 0 Å². The monoisotopic (exact) mass is 628 g/mol. The van der Waals surface area contributed by atoms with Gasteiger partial charge in [0.25, 0.3) is 0 Å². The Morgan fingerprint density at radius 2 is 0.938 bits per heavy atom. The predicted octanol–water partition coefficient (Wildman–Crippen LogP) is 12.5. The molecule has 0 bridgehead atoms. The molecule has 0 fully saturated rings. The Labute approximate surface area is 290 Å². The third-order valence-corrected chi connectivity index (χ3v) is 10.9. The highest BCUT2D eigenvalue weighted by molar-refractivity contribution is 5.48. The molecular weight excluding hydrogens is 577 g/mol. The molecule has 0 saturated carbocycles. The first kappa shape index (κ1) is 33.5. The van der Waals surface area contributed by atoms with E-state index in [4.69, 9.17) is 0 Å². The maximum Gasteiger partial charge on any atom is -0.0150 e. The average molecular weight is 629 g/mol. The summed E-state index contributed by atoms with van der Waals surface area (Å²) in [5.41, 5.74) is 15.6. The first-order valence-electron chi connectivity index (χ1n) is 18.2. The summed E-state index contributed by atoms with van der Waals surface area (Å²) in [6.45, 7) is 12.6. The second-order valence-corrected chi connectivity index (χ2v) is 14.1. The van der Waals surface area contributed by atoms with E-state index in [1.807, 2.05) is 12.2 Å². The highest BCUT2D eigenvalue weighted by Crippen LogP contribution is 2.40. The van der Waals surface area contributed by atoms with Gasteiger partial charge in [0.05, 0.1) is 0 Å². The van der Waals surface area contributed by atoms with E-state index in [0.717, 1.165) is 32.1 Å². The normalized spacial score (nSPS) is 14.0. The number of hydrogen-bond donors (Lipinski definition) is 0. The summed E-state index contributed by atoms with van der Waals surface area (Å²) in [6, 6.07) is 44.0.